The number of hydrogen-bond acceptors (Lipinski definition) is 3. The van der Waals surface area contributed by atoms with Gasteiger partial charge in [0.15, 0.2) is 0 Å². The van der Waals surface area contributed by atoms with E-state index in [0.29, 0.717) is 0 Å². The SMILES string of the molecule is COC(C)(C)CN1CC(C)(O)C1. The molecule has 3 nitrogen and oxygen atoms in total. The Labute approximate surface area is 74.3 Å². The van der Waals surface area contributed by atoms with Gasteiger partial charge in [-0.25, -0.2) is 0 Å². The summed E-state index contributed by atoms with van der Waals surface area (Å²) >= 11 is 0. The maximum Gasteiger partial charge on any atom is 0.0872 e. The Bertz CT molecular complexity index is 158. The average molecular weight is 173 g/mol. The van der Waals surface area contributed by atoms with Gasteiger partial charge in [0.25, 0.3) is 0 Å². The van der Waals surface area contributed by atoms with E-state index in [1.165, 1.54) is 0 Å². The number of β-amino-alcohol motifs (C(OH)–C–C–N with tert-alkyl or cyclic N) is 1. The standard InChI is InChI=1S/C9H19NO2/c1-8(2,12-4)5-10-6-9(3,11)7-10/h11H,5-7H2,1-4H3. The van der Waals surface area contributed by atoms with E-state index in [9.17, 15) is 5.11 Å². The van der Waals surface area contributed by atoms with Gasteiger partial charge in [0.2, 0.25) is 0 Å². The number of methoxy groups -OCH3 is 1. The molecule has 0 amide bonds. The molecule has 0 aromatic rings. The van der Waals surface area contributed by atoms with Crippen LogP contribution in [0.3, 0.4) is 0 Å². The average Bonchev–Trinajstić information content (AvgIpc) is 1.83. The second-order valence-electron chi connectivity index (χ2n) is 4.61. The predicted molar refractivity (Wildman–Crippen MR) is 48.2 cm³/mol. The highest BCUT2D eigenvalue weighted by atomic mass is 16.5. The van der Waals surface area contributed by atoms with Crippen molar-refractivity contribution in [1.82, 2.24) is 4.90 Å². The molecule has 0 bridgehead atoms. The van der Waals surface area contributed by atoms with Crippen LogP contribution in [0.15, 0.2) is 0 Å². The third-order valence-electron chi connectivity index (χ3n) is 2.29. The van der Waals surface area contributed by atoms with Crippen molar-refractivity contribution in [3.05, 3.63) is 0 Å². The zero-order valence-electron chi connectivity index (χ0n) is 8.42. The molecule has 0 radical (unpaired) electrons. The highest BCUT2D eigenvalue weighted by molar-refractivity contribution is 4.93. The van der Waals surface area contributed by atoms with Crippen molar-refractivity contribution < 1.29 is 9.84 Å². The third kappa shape index (κ3) is 2.44. The lowest BCUT2D eigenvalue weighted by Gasteiger charge is -2.46. The first kappa shape index (κ1) is 9.96. The Morgan fingerprint density at radius 2 is 2.00 bits per heavy atom. The van der Waals surface area contributed by atoms with Crippen LogP contribution in [0.2, 0.25) is 0 Å². The number of likely N-dealkylation sites (tertiary alicyclic amines) is 1. The highest BCUT2D eigenvalue weighted by Gasteiger charge is 2.38. The molecule has 3 heteroatoms. The molecule has 1 aliphatic rings. The van der Waals surface area contributed by atoms with Gasteiger partial charge in [0, 0.05) is 26.7 Å². The molecule has 0 aromatic heterocycles. The van der Waals surface area contributed by atoms with Gasteiger partial charge in [-0.05, 0) is 20.8 Å². The Hall–Kier alpha value is -0.120. The number of hydrogen-bond donors (Lipinski definition) is 1. The van der Waals surface area contributed by atoms with E-state index in [4.69, 9.17) is 4.74 Å². The monoisotopic (exact) mass is 173 g/mol. The first-order valence-corrected chi connectivity index (χ1v) is 4.35. The first-order chi connectivity index (χ1) is 5.35. The predicted octanol–water partition coefficient (Wildman–Crippen LogP) is 0.478. The lowest BCUT2D eigenvalue weighted by molar-refractivity contribution is -0.114. The Balaban J connectivity index is 2.27. The van der Waals surface area contributed by atoms with Crippen LogP contribution >= 0.6 is 0 Å². The van der Waals surface area contributed by atoms with Crippen molar-refractivity contribution in [1.29, 1.82) is 0 Å². The molecule has 0 atom stereocenters. The van der Waals surface area contributed by atoms with Gasteiger partial charge in [-0.2, -0.15) is 0 Å². The Morgan fingerprint density at radius 1 is 1.50 bits per heavy atom. The molecule has 1 fully saturated rings. The van der Waals surface area contributed by atoms with Gasteiger partial charge < -0.3 is 9.84 Å². The minimum atomic E-state index is -0.468. The fourth-order valence-electron chi connectivity index (χ4n) is 1.63. The molecule has 0 aromatic carbocycles. The molecule has 0 unspecified atom stereocenters. The van der Waals surface area contributed by atoms with Crippen molar-refractivity contribution in [3.8, 4) is 0 Å². The van der Waals surface area contributed by atoms with E-state index in [0.717, 1.165) is 19.6 Å². The molecule has 0 spiro atoms. The van der Waals surface area contributed by atoms with Crippen LogP contribution in [0.4, 0.5) is 0 Å². The van der Waals surface area contributed by atoms with Crippen molar-refractivity contribution in [2.24, 2.45) is 0 Å². The summed E-state index contributed by atoms with van der Waals surface area (Å²) in [5.74, 6) is 0. The smallest absolute Gasteiger partial charge is 0.0872 e. The second-order valence-corrected chi connectivity index (χ2v) is 4.61. The molecule has 72 valence electrons. The Morgan fingerprint density at radius 3 is 2.33 bits per heavy atom. The summed E-state index contributed by atoms with van der Waals surface area (Å²) in [7, 11) is 1.72. The quantitative estimate of drug-likeness (QED) is 0.673. The Kier molecular flexibility index (Phi) is 2.47. The normalized spacial score (nSPS) is 23.8. The van der Waals surface area contributed by atoms with Gasteiger partial charge in [-0.1, -0.05) is 0 Å². The minimum absolute atomic E-state index is 0.101. The van der Waals surface area contributed by atoms with Crippen LogP contribution in [0.25, 0.3) is 0 Å². The number of ether oxygens (including phenoxy) is 1. The van der Waals surface area contributed by atoms with Crippen molar-refractivity contribution >= 4 is 0 Å². The van der Waals surface area contributed by atoms with Gasteiger partial charge in [0.1, 0.15) is 0 Å². The molecule has 12 heavy (non-hydrogen) atoms. The zero-order chi connectivity index (χ0) is 9.41. The summed E-state index contributed by atoms with van der Waals surface area (Å²) in [5.41, 5.74) is -0.569. The molecule has 0 aliphatic carbocycles. The topological polar surface area (TPSA) is 32.7 Å². The van der Waals surface area contributed by atoms with E-state index < -0.39 is 5.60 Å². The van der Waals surface area contributed by atoms with Crippen LogP contribution in [0.5, 0.6) is 0 Å². The third-order valence-corrected chi connectivity index (χ3v) is 2.29. The minimum Gasteiger partial charge on any atom is -0.388 e. The maximum absolute atomic E-state index is 9.47. The summed E-state index contributed by atoms with van der Waals surface area (Å²) in [4.78, 5) is 2.20. The van der Waals surface area contributed by atoms with Gasteiger partial charge in [0.05, 0.1) is 11.2 Å². The maximum atomic E-state index is 9.47. The summed E-state index contributed by atoms with van der Waals surface area (Å²) < 4.78 is 5.29. The summed E-state index contributed by atoms with van der Waals surface area (Å²) in [6.45, 7) is 8.39. The fourth-order valence-corrected chi connectivity index (χ4v) is 1.63. The highest BCUT2D eigenvalue weighted by Crippen LogP contribution is 2.22. The van der Waals surface area contributed by atoms with Crippen molar-refractivity contribution in [2.75, 3.05) is 26.7 Å². The van der Waals surface area contributed by atoms with Crippen molar-refractivity contribution in [3.63, 3.8) is 0 Å². The molecule has 1 aliphatic heterocycles. The van der Waals surface area contributed by atoms with E-state index >= 15 is 0 Å². The van der Waals surface area contributed by atoms with Crippen LogP contribution in [-0.2, 0) is 4.74 Å². The van der Waals surface area contributed by atoms with Crippen LogP contribution in [0.1, 0.15) is 20.8 Å². The molecular weight excluding hydrogens is 154 g/mol. The number of nitrogens with zero attached hydrogens (tertiary/aromatic N) is 1. The van der Waals surface area contributed by atoms with Gasteiger partial charge in [-0.3, -0.25) is 4.90 Å². The summed E-state index contributed by atoms with van der Waals surface area (Å²) in [6.07, 6.45) is 0. The van der Waals surface area contributed by atoms with Gasteiger partial charge in [-0.15, -0.1) is 0 Å². The summed E-state index contributed by atoms with van der Waals surface area (Å²) in [5, 5.41) is 9.47. The molecule has 1 heterocycles. The molecule has 1 saturated heterocycles. The first-order valence-electron chi connectivity index (χ1n) is 4.35. The van der Waals surface area contributed by atoms with Crippen LogP contribution < -0.4 is 0 Å². The largest absolute Gasteiger partial charge is 0.388 e. The van der Waals surface area contributed by atoms with Crippen LogP contribution in [0, 0.1) is 0 Å². The van der Waals surface area contributed by atoms with E-state index in [1.54, 1.807) is 7.11 Å². The lowest BCUT2D eigenvalue weighted by Crippen LogP contribution is -2.62. The fraction of sp³-hybridized carbons (Fsp3) is 1.00. The van der Waals surface area contributed by atoms with E-state index in [1.807, 2.05) is 6.92 Å². The van der Waals surface area contributed by atoms with Crippen LogP contribution in [-0.4, -0.2) is 48.0 Å². The lowest BCUT2D eigenvalue weighted by atomic mass is 9.95. The molecular formula is C9H19NO2. The summed E-state index contributed by atoms with van der Waals surface area (Å²) in [6, 6.07) is 0. The molecule has 1 rings (SSSR count). The zero-order valence-corrected chi connectivity index (χ0v) is 8.42. The molecule has 1 N–H and O–H groups in total. The number of aliphatic hydroxyl groups is 1. The van der Waals surface area contributed by atoms with Gasteiger partial charge >= 0.3 is 0 Å². The second kappa shape index (κ2) is 2.98. The van der Waals surface area contributed by atoms with E-state index in [2.05, 4.69) is 18.7 Å². The van der Waals surface area contributed by atoms with E-state index in [-0.39, 0.29) is 5.60 Å². The molecule has 0 saturated carbocycles. The van der Waals surface area contributed by atoms with Crippen molar-refractivity contribution in [2.45, 2.75) is 32.0 Å². The number of rotatable bonds is 3.